The summed E-state index contributed by atoms with van der Waals surface area (Å²) in [5.41, 5.74) is 0. The Bertz CT molecular complexity index is 402. The largest absolute Gasteiger partial charge is 0.481 e. The lowest BCUT2D eigenvalue weighted by atomic mass is 10.3. The fourth-order valence-corrected chi connectivity index (χ4v) is 2.27. The molecule has 1 unspecified atom stereocenters. The van der Waals surface area contributed by atoms with E-state index in [0.29, 0.717) is 0 Å². The van der Waals surface area contributed by atoms with Crippen molar-refractivity contribution in [3.63, 3.8) is 0 Å². The molecule has 1 aromatic rings. The van der Waals surface area contributed by atoms with Crippen molar-refractivity contribution in [1.29, 1.82) is 0 Å². The topological polar surface area (TPSA) is 41.6 Å². The first-order chi connectivity index (χ1) is 8.66. The van der Waals surface area contributed by atoms with Crippen LogP contribution >= 0.6 is 22.6 Å². The van der Waals surface area contributed by atoms with Gasteiger partial charge in [-0.05, 0) is 53.8 Å². The van der Waals surface area contributed by atoms with E-state index in [4.69, 9.17) is 4.74 Å². The smallest absolute Gasteiger partial charge is 0.263 e. The Morgan fingerprint density at radius 1 is 1.33 bits per heavy atom. The standard InChI is InChI=1S/C13H17IN2O2/c1-10(13(17)16-8-6-15-7-9-16)18-12-4-2-11(14)3-5-12/h2-5,10,15H,6-9H2,1H3. The Labute approximate surface area is 121 Å². The van der Waals surface area contributed by atoms with Gasteiger partial charge in [0.05, 0.1) is 0 Å². The van der Waals surface area contributed by atoms with Crippen molar-refractivity contribution in [2.24, 2.45) is 0 Å². The lowest BCUT2D eigenvalue weighted by Gasteiger charge is -2.29. The number of amides is 1. The molecule has 4 nitrogen and oxygen atoms in total. The van der Waals surface area contributed by atoms with Crippen LogP contribution in [0.15, 0.2) is 24.3 Å². The Morgan fingerprint density at radius 3 is 2.56 bits per heavy atom. The zero-order chi connectivity index (χ0) is 13.0. The molecule has 0 saturated carbocycles. The highest BCUT2D eigenvalue weighted by Gasteiger charge is 2.23. The van der Waals surface area contributed by atoms with Crippen LogP contribution < -0.4 is 10.1 Å². The molecule has 1 amide bonds. The average molecular weight is 360 g/mol. The molecule has 1 saturated heterocycles. The molecular formula is C13H17IN2O2. The number of benzene rings is 1. The molecule has 1 aromatic carbocycles. The molecule has 18 heavy (non-hydrogen) atoms. The van der Waals surface area contributed by atoms with Gasteiger partial charge in [-0.3, -0.25) is 4.79 Å². The van der Waals surface area contributed by atoms with Crippen molar-refractivity contribution in [3.05, 3.63) is 27.8 Å². The van der Waals surface area contributed by atoms with Crippen LogP contribution in [0.3, 0.4) is 0 Å². The molecule has 1 aliphatic heterocycles. The van der Waals surface area contributed by atoms with Crippen LogP contribution in [-0.4, -0.2) is 43.1 Å². The molecule has 0 spiro atoms. The number of ether oxygens (including phenoxy) is 1. The minimum Gasteiger partial charge on any atom is -0.481 e. The molecular weight excluding hydrogens is 343 g/mol. The predicted molar refractivity (Wildman–Crippen MR) is 78.7 cm³/mol. The van der Waals surface area contributed by atoms with Crippen LogP contribution in [0.4, 0.5) is 0 Å². The molecule has 1 aliphatic rings. The second kappa shape index (κ2) is 6.38. The van der Waals surface area contributed by atoms with Gasteiger partial charge in [0.1, 0.15) is 5.75 Å². The van der Waals surface area contributed by atoms with E-state index in [1.54, 1.807) is 0 Å². The minimum atomic E-state index is -0.428. The van der Waals surface area contributed by atoms with E-state index < -0.39 is 6.10 Å². The number of nitrogens with one attached hydrogen (secondary N) is 1. The first-order valence-electron chi connectivity index (χ1n) is 6.08. The van der Waals surface area contributed by atoms with E-state index >= 15 is 0 Å². The first kappa shape index (κ1) is 13.6. The van der Waals surface area contributed by atoms with Crippen molar-refractivity contribution in [2.75, 3.05) is 26.2 Å². The number of hydrogen-bond donors (Lipinski definition) is 1. The highest BCUT2D eigenvalue weighted by molar-refractivity contribution is 14.1. The summed E-state index contributed by atoms with van der Waals surface area (Å²) >= 11 is 2.24. The maximum atomic E-state index is 12.1. The van der Waals surface area contributed by atoms with Crippen LogP contribution in [0.2, 0.25) is 0 Å². The third kappa shape index (κ3) is 3.58. The Kier molecular flexibility index (Phi) is 4.82. The minimum absolute atomic E-state index is 0.0649. The van der Waals surface area contributed by atoms with E-state index in [-0.39, 0.29) is 5.91 Å². The first-order valence-corrected chi connectivity index (χ1v) is 7.16. The van der Waals surface area contributed by atoms with Gasteiger partial charge < -0.3 is 15.0 Å². The molecule has 1 fully saturated rings. The van der Waals surface area contributed by atoms with Gasteiger partial charge in [-0.15, -0.1) is 0 Å². The van der Waals surface area contributed by atoms with Gasteiger partial charge >= 0.3 is 0 Å². The zero-order valence-electron chi connectivity index (χ0n) is 10.4. The summed E-state index contributed by atoms with van der Waals surface area (Å²) in [7, 11) is 0. The van der Waals surface area contributed by atoms with Gasteiger partial charge in [0.25, 0.3) is 5.91 Å². The molecule has 0 aliphatic carbocycles. The average Bonchev–Trinajstić information content (AvgIpc) is 2.41. The molecule has 2 rings (SSSR count). The molecule has 0 aromatic heterocycles. The Morgan fingerprint density at radius 2 is 1.94 bits per heavy atom. The van der Waals surface area contributed by atoms with Crippen LogP contribution in [0.25, 0.3) is 0 Å². The van der Waals surface area contributed by atoms with Crippen LogP contribution in [0.5, 0.6) is 5.75 Å². The molecule has 1 N–H and O–H groups in total. The third-order valence-corrected chi connectivity index (χ3v) is 3.62. The summed E-state index contributed by atoms with van der Waals surface area (Å²) in [5.74, 6) is 0.807. The van der Waals surface area contributed by atoms with Gasteiger partial charge in [-0.1, -0.05) is 0 Å². The van der Waals surface area contributed by atoms with Gasteiger partial charge in [-0.25, -0.2) is 0 Å². The quantitative estimate of drug-likeness (QED) is 0.831. The van der Waals surface area contributed by atoms with E-state index in [1.807, 2.05) is 36.1 Å². The second-order valence-electron chi connectivity index (χ2n) is 4.29. The fourth-order valence-electron chi connectivity index (χ4n) is 1.91. The zero-order valence-corrected chi connectivity index (χ0v) is 12.5. The van der Waals surface area contributed by atoms with Crippen molar-refractivity contribution >= 4 is 28.5 Å². The number of piperazine rings is 1. The summed E-state index contributed by atoms with van der Waals surface area (Å²) < 4.78 is 6.82. The van der Waals surface area contributed by atoms with Crippen LogP contribution in [0.1, 0.15) is 6.92 Å². The van der Waals surface area contributed by atoms with Gasteiger partial charge in [0.15, 0.2) is 6.10 Å². The number of nitrogens with zero attached hydrogens (tertiary/aromatic N) is 1. The van der Waals surface area contributed by atoms with Crippen molar-refractivity contribution in [1.82, 2.24) is 10.2 Å². The maximum absolute atomic E-state index is 12.1. The van der Waals surface area contributed by atoms with Gasteiger partial charge in [-0.2, -0.15) is 0 Å². The summed E-state index contributed by atoms with van der Waals surface area (Å²) in [4.78, 5) is 14.0. The van der Waals surface area contributed by atoms with Gasteiger partial charge in [0.2, 0.25) is 0 Å². The third-order valence-electron chi connectivity index (χ3n) is 2.90. The summed E-state index contributed by atoms with van der Waals surface area (Å²) in [6.45, 7) is 5.06. The molecule has 98 valence electrons. The number of rotatable bonds is 3. The highest BCUT2D eigenvalue weighted by atomic mass is 127. The lowest BCUT2D eigenvalue weighted by Crippen LogP contribution is -2.50. The Balaban J connectivity index is 1.92. The van der Waals surface area contributed by atoms with E-state index in [9.17, 15) is 4.79 Å². The number of halogens is 1. The normalized spacial score (nSPS) is 17.3. The monoisotopic (exact) mass is 360 g/mol. The number of carbonyl (C=O) groups excluding carboxylic acids is 1. The van der Waals surface area contributed by atoms with E-state index in [2.05, 4.69) is 27.9 Å². The fraction of sp³-hybridized carbons (Fsp3) is 0.462. The van der Waals surface area contributed by atoms with Crippen molar-refractivity contribution in [3.8, 4) is 5.75 Å². The lowest BCUT2D eigenvalue weighted by molar-refractivity contribution is -0.138. The molecule has 1 heterocycles. The molecule has 1 atom stereocenters. The SMILES string of the molecule is CC(Oc1ccc(I)cc1)C(=O)N1CCNCC1. The van der Waals surface area contributed by atoms with E-state index in [1.165, 1.54) is 0 Å². The Hall–Kier alpha value is -0.820. The maximum Gasteiger partial charge on any atom is 0.263 e. The molecule has 5 heteroatoms. The predicted octanol–water partition coefficient (Wildman–Crippen LogP) is 1.49. The van der Waals surface area contributed by atoms with Crippen molar-refractivity contribution < 1.29 is 9.53 Å². The summed E-state index contributed by atoms with van der Waals surface area (Å²) in [6.07, 6.45) is -0.428. The van der Waals surface area contributed by atoms with E-state index in [0.717, 1.165) is 35.5 Å². The highest BCUT2D eigenvalue weighted by Crippen LogP contribution is 2.15. The van der Waals surface area contributed by atoms with Gasteiger partial charge in [0, 0.05) is 29.7 Å². The number of carbonyl (C=O) groups is 1. The molecule has 0 radical (unpaired) electrons. The van der Waals surface area contributed by atoms with Crippen LogP contribution in [-0.2, 0) is 4.79 Å². The van der Waals surface area contributed by atoms with Crippen LogP contribution in [0, 0.1) is 3.57 Å². The summed E-state index contributed by atoms with van der Waals surface area (Å²) in [5, 5.41) is 3.23. The molecule has 0 bridgehead atoms. The number of hydrogen-bond acceptors (Lipinski definition) is 3. The van der Waals surface area contributed by atoms with Crippen molar-refractivity contribution in [2.45, 2.75) is 13.0 Å². The second-order valence-corrected chi connectivity index (χ2v) is 5.53. The summed E-state index contributed by atoms with van der Waals surface area (Å²) in [6, 6.07) is 7.72.